The van der Waals surface area contributed by atoms with Crippen molar-refractivity contribution < 1.29 is 9.59 Å². The Hall–Kier alpha value is -1.97. The molecule has 1 aliphatic carbocycles. The molecule has 4 heteroatoms. The molecule has 2 atom stereocenters. The third-order valence-corrected chi connectivity index (χ3v) is 3.70. The van der Waals surface area contributed by atoms with Crippen LogP contribution < -0.4 is 4.90 Å². The summed E-state index contributed by atoms with van der Waals surface area (Å²) in [5.41, 5.74) is 0.853. The van der Waals surface area contributed by atoms with E-state index in [-0.39, 0.29) is 23.7 Å². The first kappa shape index (κ1) is 11.1. The average molecular weight is 242 g/mol. The van der Waals surface area contributed by atoms with Crippen molar-refractivity contribution in [1.29, 1.82) is 0 Å². The summed E-state index contributed by atoms with van der Waals surface area (Å²) in [5, 5.41) is 0. The van der Waals surface area contributed by atoms with Gasteiger partial charge in [0.05, 0.1) is 11.8 Å². The van der Waals surface area contributed by atoms with Crippen LogP contribution in [0.1, 0.15) is 18.4 Å². The maximum atomic E-state index is 12.3. The molecule has 2 amide bonds. The fraction of sp³-hybridized carbons (Fsp3) is 0.357. The molecule has 0 N–H and O–H groups in total. The molecule has 0 aromatic carbocycles. The Morgan fingerprint density at radius 2 is 1.78 bits per heavy atom. The van der Waals surface area contributed by atoms with E-state index >= 15 is 0 Å². The normalized spacial score (nSPS) is 26.6. The van der Waals surface area contributed by atoms with Crippen LogP contribution in [0.4, 0.5) is 5.82 Å². The lowest BCUT2D eigenvalue weighted by molar-refractivity contribution is -0.122. The predicted molar refractivity (Wildman–Crippen MR) is 66.8 cm³/mol. The highest BCUT2D eigenvalue weighted by atomic mass is 16.2. The van der Waals surface area contributed by atoms with Crippen LogP contribution in [0, 0.1) is 18.8 Å². The molecule has 0 spiro atoms. The van der Waals surface area contributed by atoms with Gasteiger partial charge in [-0.1, -0.05) is 18.2 Å². The minimum absolute atomic E-state index is 0.101. The SMILES string of the molecule is Cc1cccnc1N1C(=O)C2CC=CCC2C1=O. The molecular formula is C14H14N2O2. The smallest absolute Gasteiger partial charge is 0.239 e. The monoisotopic (exact) mass is 242 g/mol. The number of hydrogen-bond acceptors (Lipinski definition) is 3. The van der Waals surface area contributed by atoms with Gasteiger partial charge in [0.25, 0.3) is 0 Å². The van der Waals surface area contributed by atoms with Crippen molar-refractivity contribution >= 4 is 17.6 Å². The zero-order valence-electron chi connectivity index (χ0n) is 10.2. The van der Waals surface area contributed by atoms with E-state index in [0.717, 1.165) is 5.56 Å². The van der Waals surface area contributed by atoms with E-state index in [0.29, 0.717) is 18.7 Å². The van der Waals surface area contributed by atoms with Gasteiger partial charge in [-0.15, -0.1) is 0 Å². The van der Waals surface area contributed by atoms with Crippen LogP contribution in [0.5, 0.6) is 0 Å². The third-order valence-electron chi connectivity index (χ3n) is 3.70. The lowest BCUT2D eigenvalue weighted by atomic mass is 9.85. The molecule has 1 aromatic heterocycles. The zero-order valence-corrected chi connectivity index (χ0v) is 10.2. The van der Waals surface area contributed by atoms with Crippen LogP contribution in [0.25, 0.3) is 0 Å². The van der Waals surface area contributed by atoms with Crippen LogP contribution in [0.3, 0.4) is 0 Å². The van der Waals surface area contributed by atoms with Gasteiger partial charge in [-0.2, -0.15) is 0 Å². The highest BCUT2D eigenvalue weighted by molar-refractivity contribution is 6.22. The molecule has 0 saturated carbocycles. The summed E-state index contributed by atoms with van der Waals surface area (Å²) < 4.78 is 0. The summed E-state index contributed by atoms with van der Waals surface area (Å²) in [4.78, 5) is 30.1. The van der Waals surface area contributed by atoms with Crippen molar-refractivity contribution in [1.82, 2.24) is 4.98 Å². The summed E-state index contributed by atoms with van der Waals surface area (Å²) in [5.74, 6) is -0.0954. The summed E-state index contributed by atoms with van der Waals surface area (Å²) in [6.07, 6.45) is 6.92. The van der Waals surface area contributed by atoms with Crippen molar-refractivity contribution in [2.75, 3.05) is 4.90 Å². The molecule has 1 fully saturated rings. The highest BCUT2D eigenvalue weighted by Gasteiger charge is 2.48. The van der Waals surface area contributed by atoms with Crippen LogP contribution in [0.2, 0.25) is 0 Å². The Labute approximate surface area is 105 Å². The Kier molecular flexibility index (Phi) is 2.51. The van der Waals surface area contributed by atoms with Crippen molar-refractivity contribution in [2.24, 2.45) is 11.8 Å². The number of carbonyl (C=O) groups is 2. The van der Waals surface area contributed by atoms with Crippen LogP contribution in [0.15, 0.2) is 30.5 Å². The van der Waals surface area contributed by atoms with Gasteiger partial charge in [-0.25, -0.2) is 9.88 Å². The Morgan fingerprint density at radius 1 is 1.17 bits per heavy atom. The van der Waals surface area contributed by atoms with Gasteiger partial charge < -0.3 is 0 Å². The van der Waals surface area contributed by atoms with Crippen molar-refractivity contribution in [2.45, 2.75) is 19.8 Å². The molecule has 2 aliphatic rings. The molecule has 2 heterocycles. The minimum atomic E-state index is -0.191. The van der Waals surface area contributed by atoms with Crippen LogP contribution >= 0.6 is 0 Å². The van der Waals surface area contributed by atoms with E-state index in [4.69, 9.17) is 0 Å². The molecule has 0 radical (unpaired) electrons. The molecule has 3 rings (SSSR count). The first-order chi connectivity index (χ1) is 8.70. The Bertz CT molecular complexity index is 524. The number of pyridine rings is 1. The van der Waals surface area contributed by atoms with E-state index in [1.54, 1.807) is 12.3 Å². The molecule has 1 aliphatic heterocycles. The van der Waals surface area contributed by atoms with Gasteiger partial charge >= 0.3 is 0 Å². The fourth-order valence-corrected chi connectivity index (χ4v) is 2.72. The van der Waals surface area contributed by atoms with Crippen molar-refractivity contribution in [3.8, 4) is 0 Å². The van der Waals surface area contributed by atoms with Gasteiger partial charge in [0.15, 0.2) is 0 Å². The Balaban J connectivity index is 2.02. The number of aromatic nitrogens is 1. The summed E-state index contributed by atoms with van der Waals surface area (Å²) in [7, 11) is 0. The molecule has 92 valence electrons. The number of anilines is 1. The van der Waals surface area contributed by atoms with E-state index < -0.39 is 0 Å². The Morgan fingerprint density at radius 3 is 2.33 bits per heavy atom. The number of nitrogens with zero attached hydrogens (tertiary/aromatic N) is 2. The largest absolute Gasteiger partial charge is 0.274 e. The minimum Gasteiger partial charge on any atom is -0.274 e. The maximum Gasteiger partial charge on any atom is 0.239 e. The van der Waals surface area contributed by atoms with E-state index in [1.807, 2.05) is 25.1 Å². The average Bonchev–Trinajstić information content (AvgIpc) is 2.64. The van der Waals surface area contributed by atoms with Crippen LogP contribution in [-0.2, 0) is 9.59 Å². The number of fused-ring (bicyclic) bond motifs is 1. The molecule has 18 heavy (non-hydrogen) atoms. The fourth-order valence-electron chi connectivity index (χ4n) is 2.72. The third kappa shape index (κ3) is 1.49. The number of aryl methyl sites for hydroxylation is 1. The standard InChI is InChI=1S/C14H14N2O2/c1-9-5-4-8-15-12(9)16-13(17)10-6-2-3-7-11(10)14(16)18/h2-5,8,10-11H,6-7H2,1H3. The number of hydrogen-bond donors (Lipinski definition) is 0. The second-order valence-electron chi connectivity index (χ2n) is 4.81. The molecule has 0 bridgehead atoms. The van der Waals surface area contributed by atoms with E-state index in [1.165, 1.54) is 4.90 Å². The molecule has 2 unspecified atom stereocenters. The second-order valence-corrected chi connectivity index (χ2v) is 4.81. The second kappa shape index (κ2) is 4.05. The number of allylic oxidation sites excluding steroid dienone is 2. The van der Waals surface area contributed by atoms with Crippen molar-refractivity contribution in [3.05, 3.63) is 36.0 Å². The van der Waals surface area contributed by atoms with Gasteiger partial charge in [0.2, 0.25) is 11.8 Å². The highest BCUT2D eigenvalue weighted by Crippen LogP contribution is 2.37. The van der Waals surface area contributed by atoms with Crippen molar-refractivity contribution in [3.63, 3.8) is 0 Å². The lowest BCUT2D eigenvalue weighted by Crippen LogP contribution is -2.32. The molecule has 1 saturated heterocycles. The van der Waals surface area contributed by atoms with E-state index in [2.05, 4.69) is 4.98 Å². The lowest BCUT2D eigenvalue weighted by Gasteiger charge is -2.15. The van der Waals surface area contributed by atoms with Gasteiger partial charge in [-0.3, -0.25) is 9.59 Å². The summed E-state index contributed by atoms with van der Waals surface area (Å²) >= 11 is 0. The summed E-state index contributed by atoms with van der Waals surface area (Å²) in [6, 6.07) is 3.67. The maximum absolute atomic E-state index is 12.3. The number of carbonyl (C=O) groups excluding carboxylic acids is 2. The quantitative estimate of drug-likeness (QED) is 0.557. The molecule has 4 nitrogen and oxygen atoms in total. The number of imide groups is 1. The first-order valence-electron chi connectivity index (χ1n) is 6.14. The molecule has 1 aromatic rings. The number of rotatable bonds is 1. The van der Waals surface area contributed by atoms with Crippen LogP contribution in [-0.4, -0.2) is 16.8 Å². The molecular weight excluding hydrogens is 228 g/mol. The van der Waals surface area contributed by atoms with E-state index in [9.17, 15) is 9.59 Å². The topological polar surface area (TPSA) is 50.3 Å². The predicted octanol–water partition coefficient (Wildman–Crippen LogP) is 1.85. The number of amides is 2. The zero-order chi connectivity index (χ0) is 12.7. The van der Waals surface area contributed by atoms with Gasteiger partial charge in [0, 0.05) is 6.20 Å². The first-order valence-corrected chi connectivity index (χ1v) is 6.14. The van der Waals surface area contributed by atoms with Gasteiger partial charge in [-0.05, 0) is 31.4 Å². The van der Waals surface area contributed by atoms with Gasteiger partial charge in [0.1, 0.15) is 5.82 Å². The summed E-state index contributed by atoms with van der Waals surface area (Å²) in [6.45, 7) is 1.86.